The van der Waals surface area contributed by atoms with Gasteiger partial charge in [0.15, 0.2) is 5.75 Å². The van der Waals surface area contributed by atoms with E-state index in [1.54, 1.807) is 12.1 Å². The number of hydrogen-bond donors (Lipinski definition) is 0. The Labute approximate surface area is 111 Å². The molecular formula is C15H14FNO2. The first-order valence-corrected chi connectivity index (χ1v) is 6.31. The molecule has 0 amide bonds. The quantitative estimate of drug-likeness (QED) is 0.791. The van der Waals surface area contributed by atoms with E-state index >= 15 is 0 Å². The zero-order valence-electron chi connectivity index (χ0n) is 10.4. The van der Waals surface area contributed by atoms with E-state index in [9.17, 15) is 4.39 Å². The molecule has 0 spiro atoms. The average Bonchev–Trinajstić information content (AvgIpc) is 2.88. The van der Waals surface area contributed by atoms with E-state index in [4.69, 9.17) is 9.47 Å². The van der Waals surface area contributed by atoms with Gasteiger partial charge in [-0.2, -0.15) is 4.39 Å². The van der Waals surface area contributed by atoms with Crippen LogP contribution in [-0.4, -0.2) is 18.2 Å². The fourth-order valence-electron chi connectivity index (χ4n) is 2.15. The van der Waals surface area contributed by atoms with Crippen LogP contribution in [0.2, 0.25) is 0 Å². The van der Waals surface area contributed by atoms with E-state index in [0.717, 1.165) is 25.2 Å². The molecule has 0 bridgehead atoms. The van der Waals surface area contributed by atoms with Gasteiger partial charge in [-0.25, -0.2) is 4.98 Å². The van der Waals surface area contributed by atoms with Crippen LogP contribution in [0.3, 0.4) is 0 Å². The van der Waals surface area contributed by atoms with Crippen LogP contribution in [0.25, 0.3) is 0 Å². The number of hydrogen-bond acceptors (Lipinski definition) is 3. The van der Waals surface area contributed by atoms with Crippen molar-refractivity contribution in [3.05, 3.63) is 53.6 Å². The maximum atomic E-state index is 13.2. The Kier molecular flexibility index (Phi) is 3.31. The molecule has 1 aromatic heterocycles. The van der Waals surface area contributed by atoms with Gasteiger partial charge >= 0.3 is 0 Å². The van der Waals surface area contributed by atoms with Crippen LogP contribution in [0.5, 0.6) is 11.5 Å². The third-order valence-electron chi connectivity index (χ3n) is 3.13. The Balaban J connectivity index is 1.59. The number of rotatable bonds is 4. The van der Waals surface area contributed by atoms with E-state index in [1.165, 1.54) is 17.3 Å². The molecule has 0 saturated heterocycles. The fourth-order valence-corrected chi connectivity index (χ4v) is 2.15. The first-order valence-electron chi connectivity index (χ1n) is 6.31. The topological polar surface area (TPSA) is 31.4 Å². The number of nitrogens with zero attached hydrogens (tertiary/aromatic N) is 1. The molecule has 3 rings (SSSR count). The number of pyridine rings is 1. The molecule has 1 aliphatic rings. The first-order chi connectivity index (χ1) is 9.33. The number of benzene rings is 1. The second kappa shape index (κ2) is 5.26. The summed E-state index contributed by atoms with van der Waals surface area (Å²) in [5.74, 6) is 0.611. The molecule has 98 valence electrons. The van der Waals surface area contributed by atoms with Crippen LogP contribution in [0.15, 0.2) is 36.5 Å². The van der Waals surface area contributed by atoms with Crippen molar-refractivity contribution < 1.29 is 13.9 Å². The van der Waals surface area contributed by atoms with Crippen molar-refractivity contribution in [1.29, 1.82) is 0 Å². The maximum absolute atomic E-state index is 13.2. The van der Waals surface area contributed by atoms with Gasteiger partial charge in [0.2, 0.25) is 0 Å². The van der Waals surface area contributed by atoms with Crippen molar-refractivity contribution in [2.24, 2.45) is 0 Å². The second-order valence-electron chi connectivity index (χ2n) is 4.43. The van der Waals surface area contributed by atoms with E-state index in [1.807, 2.05) is 12.1 Å². The SMILES string of the molecule is Fc1ncccc1OCCc1ccc2c(c1)CCO2. The summed E-state index contributed by atoms with van der Waals surface area (Å²) in [6.07, 6.45) is 3.10. The number of aromatic nitrogens is 1. The van der Waals surface area contributed by atoms with Gasteiger partial charge in [0.25, 0.3) is 5.95 Å². The predicted molar refractivity (Wildman–Crippen MR) is 69.0 cm³/mol. The van der Waals surface area contributed by atoms with Crippen molar-refractivity contribution in [2.75, 3.05) is 13.2 Å². The van der Waals surface area contributed by atoms with Gasteiger partial charge in [-0.05, 0) is 29.3 Å². The standard InChI is InChI=1S/C15H14FNO2/c16-15-14(2-1-7-17-15)19-8-5-11-3-4-13-12(10-11)6-9-18-13/h1-4,7,10H,5-6,8-9H2. The van der Waals surface area contributed by atoms with Crippen LogP contribution in [0.1, 0.15) is 11.1 Å². The molecule has 0 unspecified atom stereocenters. The summed E-state index contributed by atoms with van der Waals surface area (Å²) in [4.78, 5) is 3.54. The Morgan fingerprint density at radius 1 is 1.32 bits per heavy atom. The predicted octanol–water partition coefficient (Wildman–Crippen LogP) is 2.78. The highest BCUT2D eigenvalue weighted by Gasteiger charge is 2.12. The average molecular weight is 259 g/mol. The summed E-state index contributed by atoms with van der Waals surface area (Å²) < 4.78 is 24.1. The summed E-state index contributed by atoms with van der Waals surface area (Å²) in [5.41, 5.74) is 2.42. The van der Waals surface area contributed by atoms with Gasteiger partial charge in [0, 0.05) is 19.0 Å². The molecule has 0 N–H and O–H groups in total. The lowest BCUT2D eigenvalue weighted by molar-refractivity contribution is 0.300. The molecule has 0 aliphatic carbocycles. The normalized spacial score (nSPS) is 12.9. The minimum atomic E-state index is -0.565. The molecule has 2 heterocycles. The molecule has 0 radical (unpaired) electrons. The molecule has 1 aliphatic heterocycles. The lowest BCUT2D eigenvalue weighted by atomic mass is 10.1. The van der Waals surface area contributed by atoms with Gasteiger partial charge in [-0.15, -0.1) is 0 Å². The molecular weight excluding hydrogens is 245 g/mol. The number of ether oxygens (including phenoxy) is 2. The van der Waals surface area contributed by atoms with Gasteiger partial charge in [-0.3, -0.25) is 0 Å². The van der Waals surface area contributed by atoms with Crippen LogP contribution in [0, 0.1) is 5.95 Å². The highest BCUT2D eigenvalue weighted by Crippen LogP contribution is 2.26. The van der Waals surface area contributed by atoms with Crippen molar-refractivity contribution in [3.63, 3.8) is 0 Å². The molecule has 0 saturated carbocycles. The van der Waals surface area contributed by atoms with E-state index in [0.29, 0.717) is 6.61 Å². The Morgan fingerprint density at radius 3 is 3.16 bits per heavy atom. The van der Waals surface area contributed by atoms with Gasteiger partial charge in [-0.1, -0.05) is 12.1 Å². The molecule has 0 atom stereocenters. The summed E-state index contributed by atoms with van der Waals surface area (Å²) in [6.45, 7) is 1.19. The van der Waals surface area contributed by atoms with Crippen LogP contribution >= 0.6 is 0 Å². The van der Waals surface area contributed by atoms with Crippen LogP contribution < -0.4 is 9.47 Å². The molecule has 0 fully saturated rings. The monoisotopic (exact) mass is 259 g/mol. The van der Waals surface area contributed by atoms with E-state index in [-0.39, 0.29) is 5.75 Å². The minimum absolute atomic E-state index is 0.201. The van der Waals surface area contributed by atoms with Crippen molar-refractivity contribution in [2.45, 2.75) is 12.8 Å². The highest BCUT2D eigenvalue weighted by atomic mass is 19.1. The Morgan fingerprint density at radius 2 is 2.26 bits per heavy atom. The lowest BCUT2D eigenvalue weighted by Crippen LogP contribution is -2.03. The van der Waals surface area contributed by atoms with Crippen molar-refractivity contribution in [1.82, 2.24) is 4.98 Å². The molecule has 3 nitrogen and oxygen atoms in total. The Hall–Kier alpha value is -2.10. The highest BCUT2D eigenvalue weighted by molar-refractivity contribution is 5.39. The smallest absolute Gasteiger partial charge is 0.255 e. The summed E-state index contributed by atoms with van der Waals surface area (Å²) in [7, 11) is 0. The maximum Gasteiger partial charge on any atom is 0.255 e. The summed E-state index contributed by atoms with van der Waals surface area (Å²) in [5, 5.41) is 0. The largest absolute Gasteiger partial charge is 0.493 e. The van der Waals surface area contributed by atoms with Crippen LogP contribution in [0.4, 0.5) is 4.39 Å². The number of halogens is 1. The molecule has 1 aromatic carbocycles. The third kappa shape index (κ3) is 2.67. The zero-order chi connectivity index (χ0) is 13.1. The molecule has 4 heteroatoms. The lowest BCUT2D eigenvalue weighted by Gasteiger charge is -2.07. The third-order valence-corrected chi connectivity index (χ3v) is 3.13. The molecule has 19 heavy (non-hydrogen) atoms. The summed E-state index contributed by atoms with van der Waals surface area (Å²) >= 11 is 0. The van der Waals surface area contributed by atoms with Gasteiger partial charge in [0.1, 0.15) is 5.75 Å². The summed E-state index contributed by atoms with van der Waals surface area (Å²) in [6, 6.07) is 9.38. The minimum Gasteiger partial charge on any atom is -0.493 e. The fraction of sp³-hybridized carbons (Fsp3) is 0.267. The zero-order valence-corrected chi connectivity index (χ0v) is 10.4. The van der Waals surface area contributed by atoms with Gasteiger partial charge < -0.3 is 9.47 Å². The first kappa shape index (κ1) is 12.0. The second-order valence-corrected chi connectivity index (χ2v) is 4.43. The van der Waals surface area contributed by atoms with E-state index < -0.39 is 5.95 Å². The van der Waals surface area contributed by atoms with E-state index in [2.05, 4.69) is 11.1 Å². The van der Waals surface area contributed by atoms with Crippen LogP contribution in [-0.2, 0) is 12.8 Å². The Bertz CT molecular complexity index is 586. The van der Waals surface area contributed by atoms with Gasteiger partial charge in [0.05, 0.1) is 13.2 Å². The number of fused-ring (bicyclic) bond motifs is 1. The van der Waals surface area contributed by atoms with Crippen molar-refractivity contribution in [3.8, 4) is 11.5 Å². The molecule has 2 aromatic rings. The van der Waals surface area contributed by atoms with Crippen molar-refractivity contribution >= 4 is 0 Å².